The summed E-state index contributed by atoms with van der Waals surface area (Å²) < 4.78 is 34.0. The van der Waals surface area contributed by atoms with Crippen LogP contribution in [0.15, 0.2) is 23.5 Å². The molecule has 1 aliphatic rings. The molecule has 0 bridgehead atoms. The van der Waals surface area contributed by atoms with Gasteiger partial charge in [0.2, 0.25) is 15.0 Å². The first-order valence-corrected chi connectivity index (χ1v) is 9.92. The zero-order chi connectivity index (χ0) is 18.9. The Kier molecular flexibility index (Phi) is 5.01. The quantitative estimate of drug-likeness (QED) is 0.772. The van der Waals surface area contributed by atoms with Crippen LogP contribution in [0.25, 0.3) is 0 Å². The van der Waals surface area contributed by atoms with Gasteiger partial charge in [-0.25, -0.2) is 18.4 Å². The molecule has 2 heterocycles. The minimum absolute atomic E-state index is 0.0770. The van der Waals surface area contributed by atoms with Crippen molar-refractivity contribution < 1.29 is 23.0 Å². The van der Waals surface area contributed by atoms with E-state index in [2.05, 4.69) is 14.9 Å². The van der Waals surface area contributed by atoms with Gasteiger partial charge in [-0.05, 0) is 0 Å². The van der Waals surface area contributed by atoms with E-state index in [1.807, 2.05) is 0 Å². The summed E-state index contributed by atoms with van der Waals surface area (Å²) in [5.41, 5.74) is 2.51. The molecule has 0 aliphatic carbocycles. The monoisotopic (exact) mass is 379 g/mol. The second-order valence-corrected chi connectivity index (χ2v) is 8.10. The van der Waals surface area contributed by atoms with Crippen LogP contribution in [0.4, 0.5) is 0 Å². The van der Waals surface area contributed by atoms with Crippen molar-refractivity contribution in [2.45, 2.75) is 24.7 Å². The van der Waals surface area contributed by atoms with Gasteiger partial charge < -0.3 is 14.6 Å². The molecule has 9 heteroatoms. The Morgan fingerprint density at radius 2 is 1.88 bits per heavy atom. The summed E-state index contributed by atoms with van der Waals surface area (Å²) in [5, 5.41) is 9.64. The van der Waals surface area contributed by atoms with Gasteiger partial charge in [-0.3, -0.25) is 4.90 Å². The molecule has 0 atom stereocenters. The maximum absolute atomic E-state index is 11.6. The number of phenols is 1. The van der Waals surface area contributed by atoms with Crippen LogP contribution in [0.5, 0.6) is 17.2 Å². The second kappa shape index (κ2) is 7.08. The molecule has 2 aromatic rings. The Labute approximate surface area is 152 Å². The number of nitrogens with zero attached hydrogens (tertiary/aromatic N) is 3. The number of rotatable bonds is 5. The van der Waals surface area contributed by atoms with Crippen LogP contribution in [0, 0.1) is 0 Å². The van der Waals surface area contributed by atoms with Crippen molar-refractivity contribution in [1.82, 2.24) is 14.9 Å². The molecule has 0 unspecified atom stereocenters. The van der Waals surface area contributed by atoms with E-state index in [0.29, 0.717) is 37.6 Å². The van der Waals surface area contributed by atoms with E-state index >= 15 is 0 Å². The molecule has 1 aliphatic heterocycles. The van der Waals surface area contributed by atoms with Crippen LogP contribution >= 0.6 is 0 Å². The Bertz CT molecular complexity index is 905. The summed E-state index contributed by atoms with van der Waals surface area (Å²) in [6, 6.07) is 3.11. The molecule has 140 valence electrons. The highest BCUT2D eigenvalue weighted by atomic mass is 32.2. The van der Waals surface area contributed by atoms with Crippen molar-refractivity contribution in [2.24, 2.45) is 0 Å². The number of aromatic hydroxyl groups is 1. The second-order valence-electron chi connectivity index (χ2n) is 6.19. The molecule has 8 nitrogen and oxygen atoms in total. The third kappa shape index (κ3) is 3.73. The predicted octanol–water partition coefficient (Wildman–Crippen LogP) is 1.16. The number of methoxy groups -OCH3 is 2. The standard InChI is InChI=1S/C17H21N3O5S/c1-24-15-6-12(21)7-16(25-2)13(15)10-20-5-4-14-11(9-20)8-18-17(19-14)26(3,22)23/h6-8,21H,4-5,9-10H2,1-3H3. The average molecular weight is 379 g/mol. The molecule has 3 rings (SSSR count). The minimum Gasteiger partial charge on any atom is -0.508 e. The molecule has 26 heavy (non-hydrogen) atoms. The van der Waals surface area contributed by atoms with Crippen molar-refractivity contribution in [3.63, 3.8) is 0 Å². The number of hydrogen-bond donors (Lipinski definition) is 1. The maximum atomic E-state index is 11.6. The van der Waals surface area contributed by atoms with Crippen molar-refractivity contribution in [3.8, 4) is 17.2 Å². The zero-order valence-corrected chi connectivity index (χ0v) is 15.7. The predicted molar refractivity (Wildman–Crippen MR) is 94.2 cm³/mol. The number of hydrogen-bond acceptors (Lipinski definition) is 8. The van der Waals surface area contributed by atoms with Crippen LogP contribution in [0.3, 0.4) is 0 Å². The number of sulfone groups is 1. The zero-order valence-electron chi connectivity index (χ0n) is 14.9. The van der Waals surface area contributed by atoms with Crippen LogP contribution in [-0.2, 0) is 29.3 Å². The van der Waals surface area contributed by atoms with Crippen molar-refractivity contribution in [2.75, 3.05) is 27.0 Å². The highest BCUT2D eigenvalue weighted by Crippen LogP contribution is 2.35. The van der Waals surface area contributed by atoms with E-state index < -0.39 is 9.84 Å². The van der Waals surface area contributed by atoms with Crippen molar-refractivity contribution >= 4 is 9.84 Å². The molecule has 0 fully saturated rings. The van der Waals surface area contributed by atoms with Crippen LogP contribution in [0.2, 0.25) is 0 Å². The first kappa shape index (κ1) is 18.4. The lowest BCUT2D eigenvalue weighted by Gasteiger charge is -2.29. The number of benzene rings is 1. The molecule has 0 spiro atoms. The average Bonchev–Trinajstić information content (AvgIpc) is 2.61. The summed E-state index contributed by atoms with van der Waals surface area (Å²) in [7, 11) is -0.322. The number of aromatic nitrogens is 2. The molecular weight excluding hydrogens is 358 g/mol. The van der Waals surface area contributed by atoms with E-state index in [9.17, 15) is 13.5 Å². The largest absolute Gasteiger partial charge is 0.508 e. The summed E-state index contributed by atoms with van der Waals surface area (Å²) in [4.78, 5) is 10.3. The molecule has 1 N–H and O–H groups in total. The third-order valence-electron chi connectivity index (χ3n) is 4.30. The lowest BCUT2D eigenvalue weighted by molar-refractivity contribution is 0.234. The molecule has 0 saturated heterocycles. The highest BCUT2D eigenvalue weighted by Gasteiger charge is 2.23. The number of phenolic OH excluding ortho intramolecular Hbond substituents is 1. The van der Waals surface area contributed by atoms with Crippen LogP contribution in [0.1, 0.15) is 16.8 Å². The lowest BCUT2D eigenvalue weighted by Crippen LogP contribution is -2.31. The molecule has 0 amide bonds. The van der Waals surface area contributed by atoms with Gasteiger partial charge in [0.1, 0.15) is 17.2 Å². The molecule has 0 saturated carbocycles. The lowest BCUT2D eigenvalue weighted by atomic mass is 10.1. The van der Waals surface area contributed by atoms with E-state index in [-0.39, 0.29) is 10.9 Å². The van der Waals surface area contributed by atoms with Gasteiger partial charge in [0.15, 0.2) is 0 Å². The van der Waals surface area contributed by atoms with Crippen molar-refractivity contribution in [1.29, 1.82) is 0 Å². The van der Waals surface area contributed by atoms with Crippen LogP contribution < -0.4 is 9.47 Å². The first-order chi connectivity index (χ1) is 12.3. The normalized spacial score (nSPS) is 14.7. The fourth-order valence-corrected chi connectivity index (χ4v) is 3.54. The first-order valence-electron chi connectivity index (χ1n) is 8.03. The number of ether oxygens (including phenoxy) is 2. The van der Waals surface area contributed by atoms with Gasteiger partial charge in [0.05, 0.1) is 25.5 Å². The fraction of sp³-hybridized carbons (Fsp3) is 0.412. The molecule has 1 aromatic carbocycles. The Morgan fingerprint density at radius 1 is 1.23 bits per heavy atom. The minimum atomic E-state index is -3.41. The number of fused-ring (bicyclic) bond motifs is 1. The summed E-state index contributed by atoms with van der Waals surface area (Å²) in [6.07, 6.45) is 3.31. The highest BCUT2D eigenvalue weighted by molar-refractivity contribution is 7.90. The van der Waals surface area contributed by atoms with Gasteiger partial charge in [-0.2, -0.15) is 0 Å². The Balaban J connectivity index is 1.85. The van der Waals surface area contributed by atoms with Gasteiger partial charge in [-0.15, -0.1) is 0 Å². The molecule has 1 aromatic heterocycles. The van der Waals surface area contributed by atoms with Crippen molar-refractivity contribution in [3.05, 3.63) is 35.2 Å². The smallest absolute Gasteiger partial charge is 0.246 e. The summed E-state index contributed by atoms with van der Waals surface area (Å²) >= 11 is 0. The fourth-order valence-electron chi connectivity index (χ4n) is 3.02. The topological polar surface area (TPSA) is 102 Å². The maximum Gasteiger partial charge on any atom is 0.246 e. The van der Waals surface area contributed by atoms with Crippen LogP contribution in [-0.4, -0.2) is 55.4 Å². The van der Waals surface area contributed by atoms with E-state index in [0.717, 1.165) is 23.1 Å². The SMILES string of the molecule is COc1cc(O)cc(OC)c1CN1CCc2nc(S(C)(=O)=O)ncc2C1. The van der Waals surface area contributed by atoms with E-state index in [4.69, 9.17) is 9.47 Å². The van der Waals surface area contributed by atoms with Gasteiger partial charge in [-0.1, -0.05) is 0 Å². The van der Waals surface area contributed by atoms with E-state index in [1.165, 1.54) is 0 Å². The van der Waals surface area contributed by atoms with E-state index in [1.54, 1.807) is 32.5 Å². The van der Waals surface area contributed by atoms with Gasteiger partial charge >= 0.3 is 0 Å². The molecule has 0 radical (unpaired) electrons. The third-order valence-corrected chi connectivity index (χ3v) is 5.16. The summed E-state index contributed by atoms with van der Waals surface area (Å²) in [5.74, 6) is 1.18. The summed E-state index contributed by atoms with van der Waals surface area (Å²) in [6.45, 7) is 1.85. The Morgan fingerprint density at radius 3 is 2.46 bits per heavy atom. The van der Waals surface area contributed by atoms with Gasteiger partial charge in [0, 0.05) is 56.2 Å². The molecular formula is C17H21N3O5S. The Hall–Kier alpha value is -2.39. The van der Waals surface area contributed by atoms with Gasteiger partial charge in [0.25, 0.3) is 0 Å².